The summed E-state index contributed by atoms with van der Waals surface area (Å²) in [4.78, 5) is 16.7. The Kier molecular flexibility index (Phi) is 6.41. The molecule has 0 N–H and O–H groups in total. The Morgan fingerprint density at radius 1 is 1.09 bits per heavy atom. The van der Waals surface area contributed by atoms with E-state index in [4.69, 9.17) is 4.74 Å². The molecule has 0 saturated carbocycles. The molecule has 0 amide bonds. The SMILES string of the molecule is Cc1cccc(-c2nn(C)c3nc(OCC(=O)C[C@@H](C)c4ccccc4)cc(C(F)(F)F)c23)c1. The average Bonchev–Trinajstić information content (AvgIpc) is 3.13. The summed E-state index contributed by atoms with van der Waals surface area (Å²) in [6.07, 6.45) is -4.45. The Morgan fingerprint density at radius 3 is 2.50 bits per heavy atom. The summed E-state index contributed by atoms with van der Waals surface area (Å²) in [6, 6.07) is 17.5. The maximum absolute atomic E-state index is 14.1. The van der Waals surface area contributed by atoms with E-state index >= 15 is 0 Å². The highest BCUT2D eigenvalue weighted by atomic mass is 19.4. The number of rotatable bonds is 7. The molecule has 176 valence electrons. The molecule has 4 rings (SSSR count). The van der Waals surface area contributed by atoms with Crippen LogP contribution in [0.1, 0.15) is 36.0 Å². The second-order valence-electron chi connectivity index (χ2n) is 8.39. The molecule has 0 bridgehead atoms. The van der Waals surface area contributed by atoms with E-state index in [0.29, 0.717) is 5.56 Å². The first-order valence-corrected chi connectivity index (χ1v) is 10.8. The fourth-order valence-electron chi connectivity index (χ4n) is 3.97. The average molecular weight is 467 g/mol. The highest BCUT2D eigenvalue weighted by molar-refractivity contribution is 5.95. The third kappa shape index (κ3) is 4.95. The molecular formula is C26H24F3N3O2. The number of carbonyl (C=O) groups is 1. The number of alkyl halides is 3. The summed E-state index contributed by atoms with van der Waals surface area (Å²) in [5.74, 6) is -0.524. The molecule has 0 saturated heterocycles. The molecule has 2 aromatic heterocycles. The van der Waals surface area contributed by atoms with Crippen LogP contribution < -0.4 is 4.74 Å². The molecule has 8 heteroatoms. The van der Waals surface area contributed by atoms with Crippen LogP contribution in [0.15, 0.2) is 60.7 Å². The summed E-state index contributed by atoms with van der Waals surface area (Å²) in [5.41, 5.74) is 1.81. The van der Waals surface area contributed by atoms with Crippen molar-refractivity contribution in [1.29, 1.82) is 0 Å². The Hall–Kier alpha value is -3.68. The van der Waals surface area contributed by atoms with E-state index in [1.807, 2.05) is 50.2 Å². The molecular weight excluding hydrogens is 443 g/mol. The van der Waals surface area contributed by atoms with Crippen LogP contribution >= 0.6 is 0 Å². The molecule has 0 radical (unpaired) electrons. The largest absolute Gasteiger partial charge is 0.470 e. The van der Waals surface area contributed by atoms with Crippen molar-refractivity contribution in [3.63, 3.8) is 0 Å². The minimum absolute atomic E-state index is 0.0337. The van der Waals surface area contributed by atoms with E-state index in [0.717, 1.165) is 17.2 Å². The molecule has 4 aromatic rings. The van der Waals surface area contributed by atoms with Gasteiger partial charge in [-0.25, -0.2) is 4.68 Å². The van der Waals surface area contributed by atoms with E-state index < -0.39 is 11.7 Å². The predicted octanol–water partition coefficient (Wildman–Crippen LogP) is 6.10. The van der Waals surface area contributed by atoms with Gasteiger partial charge in [0.2, 0.25) is 5.88 Å². The fourth-order valence-corrected chi connectivity index (χ4v) is 3.97. The van der Waals surface area contributed by atoms with Crippen molar-refractivity contribution in [2.24, 2.45) is 7.05 Å². The molecule has 5 nitrogen and oxygen atoms in total. The van der Waals surface area contributed by atoms with E-state index in [-0.39, 0.29) is 47.3 Å². The maximum Gasteiger partial charge on any atom is 0.417 e. The lowest BCUT2D eigenvalue weighted by atomic mass is 9.96. The van der Waals surface area contributed by atoms with Crippen LogP contribution in [0.4, 0.5) is 13.2 Å². The van der Waals surface area contributed by atoms with Gasteiger partial charge in [0.25, 0.3) is 0 Å². The van der Waals surface area contributed by atoms with Crippen molar-refractivity contribution >= 4 is 16.8 Å². The van der Waals surface area contributed by atoms with Gasteiger partial charge in [-0.3, -0.25) is 4.79 Å². The minimum Gasteiger partial charge on any atom is -0.470 e. The maximum atomic E-state index is 14.1. The van der Waals surface area contributed by atoms with Crippen LogP contribution in [0.3, 0.4) is 0 Å². The minimum atomic E-state index is -4.66. The zero-order chi connectivity index (χ0) is 24.5. The summed E-state index contributed by atoms with van der Waals surface area (Å²) in [5, 5.41) is 4.22. The molecule has 0 aliphatic heterocycles. The van der Waals surface area contributed by atoms with Crippen molar-refractivity contribution in [1.82, 2.24) is 14.8 Å². The van der Waals surface area contributed by atoms with Crippen molar-refractivity contribution in [3.05, 3.63) is 77.4 Å². The Labute approximate surface area is 195 Å². The van der Waals surface area contributed by atoms with Gasteiger partial charge in [-0.05, 0) is 24.5 Å². The molecule has 0 spiro atoms. The number of ketones is 1. The fraction of sp³-hybridized carbons (Fsp3) is 0.269. The van der Waals surface area contributed by atoms with Gasteiger partial charge in [0.15, 0.2) is 11.4 Å². The third-order valence-electron chi connectivity index (χ3n) is 5.65. The second-order valence-corrected chi connectivity index (χ2v) is 8.39. The highest BCUT2D eigenvalue weighted by Gasteiger charge is 2.36. The molecule has 0 fully saturated rings. The Morgan fingerprint density at radius 2 is 1.82 bits per heavy atom. The molecule has 0 unspecified atom stereocenters. The highest BCUT2D eigenvalue weighted by Crippen LogP contribution is 2.40. The lowest BCUT2D eigenvalue weighted by Gasteiger charge is -2.13. The second kappa shape index (κ2) is 9.29. The topological polar surface area (TPSA) is 57.0 Å². The van der Waals surface area contributed by atoms with Gasteiger partial charge in [-0.1, -0.05) is 61.0 Å². The summed E-state index contributed by atoms with van der Waals surface area (Å²) < 4.78 is 48.9. The lowest BCUT2D eigenvalue weighted by Crippen LogP contribution is -2.15. The van der Waals surface area contributed by atoms with Gasteiger partial charge in [0.05, 0.1) is 10.9 Å². The summed E-state index contributed by atoms with van der Waals surface area (Å²) >= 11 is 0. The first kappa shape index (κ1) is 23.5. The first-order chi connectivity index (χ1) is 16.1. The van der Waals surface area contributed by atoms with E-state index in [9.17, 15) is 18.0 Å². The van der Waals surface area contributed by atoms with E-state index in [2.05, 4.69) is 10.1 Å². The number of Topliss-reactive ketones (excluding diaryl/α,β-unsaturated/α-hetero) is 1. The number of carbonyl (C=O) groups excluding carboxylic acids is 1. The van der Waals surface area contributed by atoms with Crippen molar-refractivity contribution in [3.8, 4) is 17.1 Å². The number of benzene rings is 2. The van der Waals surface area contributed by atoms with Crippen LogP contribution in [0.25, 0.3) is 22.3 Å². The number of halogens is 3. The van der Waals surface area contributed by atoms with Gasteiger partial charge >= 0.3 is 6.18 Å². The van der Waals surface area contributed by atoms with Gasteiger partial charge in [-0.15, -0.1) is 0 Å². The number of nitrogens with zero attached hydrogens (tertiary/aromatic N) is 3. The van der Waals surface area contributed by atoms with Crippen molar-refractivity contribution < 1.29 is 22.7 Å². The van der Waals surface area contributed by atoms with E-state index in [1.54, 1.807) is 18.2 Å². The van der Waals surface area contributed by atoms with Gasteiger partial charge in [0.1, 0.15) is 12.3 Å². The quantitative estimate of drug-likeness (QED) is 0.329. The van der Waals surface area contributed by atoms with Crippen LogP contribution in [0, 0.1) is 6.92 Å². The Bertz CT molecular complexity index is 1330. The number of pyridine rings is 1. The van der Waals surface area contributed by atoms with Gasteiger partial charge < -0.3 is 4.74 Å². The van der Waals surface area contributed by atoms with Gasteiger partial charge in [-0.2, -0.15) is 23.3 Å². The zero-order valence-electron chi connectivity index (χ0n) is 19.1. The number of hydrogen-bond donors (Lipinski definition) is 0. The Balaban J connectivity index is 1.63. The van der Waals surface area contributed by atoms with Crippen LogP contribution in [-0.2, 0) is 18.0 Å². The number of fused-ring (bicyclic) bond motifs is 1. The number of aryl methyl sites for hydroxylation is 2. The third-order valence-corrected chi connectivity index (χ3v) is 5.65. The molecule has 1 atom stereocenters. The molecule has 34 heavy (non-hydrogen) atoms. The van der Waals surface area contributed by atoms with Crippen molar-refractivity contribution in [2.75, 3.05) is 6.61 Å². The van der Waals surface area contributed by atoms with Crippen LogP contribution in [-0.4, -0.2) is 27.2 Å². The van der Waals surface area contributed by atoms with Crippen LogP contribution in [0.5, 0.6) is 5.88 Å². The number of hydrogen-bond acceptors (Lipinski definition) is 4. The number of ether oxygens (including phenoxy) is 1. The van der Waals surface area contributed by atoms with Crippen LogP contribution in [0.2, 0.25) is 0 Å². The predicted molar refractivity (Wildman–Crippen MR) is 124 cm³/mol. The smallest absolute Gasteiger partial charge is 0.417 e. The lowest BCUT2D eigenvalue weighted by molar-refractivity contribution is -0.136. The number of aromatic nitrogens is 3. The molecule has 2 aromatic carbocycles. The summed E-state index contributed by atoms with van der Waals surface area (Å²) in [6.45, 7) is 3.41. The molecule has 0 aliphatic carbocycles. The zero-order valence-corrected chi connectivity index (χ0v) is 19.1. The first-order valence-electron chi connectivity index (χ1n) is 10.8. The summed E-state index contributed by atoms with van der Waals surface area (Å²) in [7, 11) is 1.53. The molecule has 2 heterocycles. The molecule has 0 aliphatic rings. The monoisotopic (exact) mass is 467 g/mol. The standard InChI is InChI=1S/C26H24F3N3O2/c1-16-8-7-11-19(12-16)24-23-21(26(27,28)29)14-22(30-25(23)32(3)31-24)34-15-20(33)13-17(2)18-9-5-4-6-10-18/h4-12,14,17H,13,15H2,1-3H3/t17-/m1/s1. The normalized spacial score (nSPS) is 12.6. The van der Waals surface area contributed by atoms with Gasteiger partial charge in [0, 0.05) is 25.1 Å². The van der Waals surface area contributed by atoms with E-state index in [1.165, 1.54) is 11.7 Å². The van der Waals surface area contributed by atoms with Crippen molar-refractivity contribution in [2.45, 2.75) is 32.4 Å².